The first-order valence-corrected chi connectivity index (χ1v) is 6.63. The summed E-state index contributed by atoms with van der Waals surface area (Å²) in [5, 5.41) is 6.25. The second-order valence-corrected chi connectivity index (χ2v) is 4.81. The van der Waals surface area contributed by atoms with Crippen LogP contribution in [0.25, 0.3) is 0 Å². The van der Waals surface area contributed by atoms with Gasteiger partial charge in [-0.15, -0.1) is 0 Å². The summed E-state index contributed by atoms with van der Waals surface area (Å²) in [5.41, 5.74) is 5.75. The number of likely N-dealkylation sites (N-methyl/N-ethyl adjacent to an activating group) is 1. The van der Waals surface area contributed by atoms with Crippen LogP contribution >= 0.6 is 0 Å². The number of rotatable bonds is 7. The first-order chi connectivity index (χ1) is 9.43. The minimum atomic E-state index is -1.19. The third kappa shape index (κ3) is 3.69. The van der Waals surface area contributed by atoms with E-state index < -0.39 is 17.6 Å². The summed E-state index contributed by atoms with van der Waals surface area (Å²) in [6.07, 6.45) is 5.55. The monoisotopic (exact) mass is 283 g/mol. The predicted octanol–water partition coefficient (Wildman–Crippen LogP) is 0.531. The summed E-state index contributed by atoms with van der Waals surface area (Å²) in [6, 6.07) is -1.30. The number of carbonyl (C=O) groups excluding carboxylic acids is 3. The standard InChI is InChI=1S/C12H21N5O3/c1-3-4-5-6-7-12(8-14-16-10(13)19)9(18)17(2)11(20)15-12/h8H,3-7H2,1-2H3,(H,15,20)(H3,13,16,19). The van der Waals surface area contributed by atoms with E-state index in [0.717, 1.165) is 30.6 Å². The maximum absolute atomic E-state index is 12.2. The van der Waals surface area contributed by atoms with Gasteiger partial charge in [0, 0.05) is 7.05 Å². The molecule has 0 saturated carbocycles. The van der Waals surface area contributed by atoms with Gasteiger partial charge in [-0.1, -0.05) is 32.6 Å². The molecule has 0 bridgehead atoms. The quantitative estimate of drug-likeness (QED) is 0.274. The molecular formula is C12H21N5O3. The number of primary amides is 1. The van der Waals surface area contributed by atoms with Crippen LogP contribution in [0.1, 0.15) is 39.0 Å². The number of hydrogen-bond acceptors (Lipinski definition) is 4. The molecule has 1 aliphatic heterocycles. The van der Waals surface area contributed by atoms with Crippen molar-refractivity contribution in [2.45, 2.75) is 44.6 Å². The molecule has 0 aliphatic carbocycles. The molecule has 4 N–H and O–H groups in total. The smallest absolute Gasteiger partial charge is 0.332 e. The Bertz CT molecular complexity index is 423. The molecule has 0 spiro atoms. The van der Waals surface area contributed by atoms with Crippen LogP contribution in [-0.2, 0) is 4.79 Å². The van der Waals surface area contributed by atoms with Crippen molar-refractivity contribution in [2.24, 2.45) is 10.8 Å². The number of imide groups is 1. The van der Waals surface area contributed by atoms with Crippen molar-refractivity contribution < 1.29 is 14.4 Å². The fourth-order valence-corrected chi connectivity index (χ4v) is 2.08. The van der Waals surface area contributed by atoms with Gasteiger partial charge in [-0.3, -0.25) is 9.69 Å². The normalized spacial score (nSPS) is 22.4. The Morgan fingerprint density at radius 3 is 2.65 bits per heavy atom. The van der Waals surface area contributed by atoms with E-state index >= 15 is 0 Å². The minimum Gasteiger partial charge on any atom is -0.350 e. The van der Waals surface area contributed by atoms with Crippen LogP contribution in [0.2, 0.25) is 0 Å². The van der Waals surface area contributed by atoms with Crippen LogP contribution in [0, 0.1) is 0 Å². The molecule has 1 aliphatic rings. The van der Waals surface area contributed by atoms with E-state index in [-0.39, 0.29) is 5.91 Å². The number of carbonyl (C=O) groups is 3. The first kappa shape index (κ1) is 15.9. The van der Waals surface area contributed by atoms with Crippen LogP contribution in [0.5, 0.6) is 0 Å². The van der Waals surface area contributed by atoms with Gasteiger partial charge in [0.2, 0.25) is 0 Å². The highest BCUT2D eigenvalue weighted by atomic mass is 16.2. The van der Waals surface area contributed by atoms with Crippen LogP contribution in [-0.4, -0.2) is 41.7 Å². The molecule has 5 amide bonds. The third-order valence-corrected chi connectivity index (χ3v) is 3.21. The zero-order valence-corrected chi connectivity index (χ0v) is 11.8. The first-order valence-electron chi connectivity index (χ1n) is 6.63. The van der Waals surface area contributed by atoms with E-state index in [1.54, 1.807) is 0 Å². The van der Waals surface area contributed by atoms with Gasteiger partial charge in [0.1, 0.15) is 0 Å². The molecule has 20 heavy (non-hydrogen) atoms. The number of urea groups is 2. The van der Waals surface area contributed by atoms with Gasteiger partial charge < -0.3 is 11.1 Å². The Balaban J connectivity index is 2.78. The van der Waals surface area contributed by atoms with Crippen LogP contribution < -0.4 is 16.5 Å². The molecule has 1 saturated heterocycles. The summed E-state index contributed by atoms with van der Waals surface area (Å²) < 4.78 is 0. The molecule has 112 valence electrons. The molecule has 0 radical (unpaired) electrons. The highest BCUT2D eigenvalue weighted by molar-refractivity contribution is 6.16. The number of nitrogens with one attached hydrogen (secondary N) is 2. The van der Waals surface area contributed by atoms with E-state index in [9.17, 15) is 14.4 Å². The zero-order valence-electron chi connectivity index (χ0n) is 11.8. The summed E-state index contributed by atoms with van der Waals surface area (Å²) in [6.45, 7) is 2.09. The lowest BCUT2D eigenvalue weighted by molar-refractivity contribution is -0.128. The van der Waals surface area contributed by atoms with Gasteiger partial charge >= 0.3 is 12.1 Å². The molecule has 0 aromatic rings. The second kappa shape index (κ2) is 6.88. The van der Waals surface area contributed by atoms with Crippen LogP contribution in [0.15, 0.2) is 5.10 Å². The molecule has 0 aromatic carbocycles. The lowest BCUT2D eigenvalue weighted by Crippen LogP contribution is -2.49. The number of nitrogens with zero attached hydrogens (tertiary/aromatic N) is 2. The van der Waals surface area contributed by atoms with Crippen molar-refractivity contribution in [1.82, 2.24) is 15.6 Å². The van der Waals surface area contributed by atoms with Crippen molar-refractivity contribution in [3.8, 4) is 0 Å². The zero-order chi connectivity index (χ0) is 15.2. The van der Waals surface area contributed by atoms with Crippen molar-refractivity contribution in [3.05, 3.63) is 0 Å². The second-order valence-electron chi connectivity index (χ2n) is 4.81. The van der Waals surface area contributed by atoms with Crippen molar-refractivity contribution in [1.29, 1.82) is 0 Å². The maximum Gasteiger partial charge on any atom is 0.332 e. The fraction of sp³-hybridized carbons (Fsp3) is 0.667. The summed E-state index contributed by atoms with van der Waals surface area (Å²) in [7, 11) is 1.40. The lowest BCUT2D eigenvalue weighted by atomic mass is 9.93. The van der Waals surface area contributed by atoms with E-state index in [2.05, 4.69) is 17.3 Å². The number of hydrogen-bond donors (Lipinski definition) is 3. The van der Waals surface area contributed by atoms with Gasteiger partial charge in [-0.25, -0.2) is 15.0 Å². The highest BCUT2D eigenvalue weighted by Crippen LogP contribution is 2.22. The highest BCUT2D eigenvalue weighted by Gasteiger charge is 2.48. The Labute approximate surface area is 117 Å². The SMILES string of the molecule is CCCCCCC1(C=NNC(N)=O)NC(=O)N(C)C1=O. The molecule has 1 atom stereocenters. The maximum atomic E-state index is 12.2. The Morgan fingerprint density at radius 1 is 1.45 bits per heavy atom. The van der Waals surface area contributed by atoms with E-state index in [4.69, 9.17) is 5.73 Å². The average Bonchev–Trinajstić information content (AvgIpc) is 2.60. The summed E-state index contributed by atoms with van der Waals surface area (Å²) in [5.74, 6) is -0.381. The molecule has 1 unspecified atom stereocenters. The van der Waals surface area contributed by atoms with Crippen molar-refractivity contribution in [3.63, 3.8) is 0 Å². The summed E-state index contributed by atoms with van der Waals surface area (Å²) >= 11 is 0. The number of hydrazone groups is 1. The minimum absolute atomic E-state index is 0.381. The Kier molecular flexibility index (Phi) is 5.48. The molecular weight excluding hydrogens is 262 g/mol. The molecule has 1 heterocycles. The van der Waals surface area contributed by atoms with Gasteiger partial charge in [0.25, 0.3) is 5.91 Å². The van der Waals surface area contributed by atoms with E-state index in [1.807, 2.05) is 5.43 Å². The van der Waals surface area contributed by atoms with E-state index in [0.29, 0.717) is 6.42 Å². The average molecular weight is 283 g/mol. The topological polar surface area (TPSA) is 117 Å². The van der Waals surface area contributed by atoms with Crippen molar-refractivity contribution in [2.75, 3.05) is 7.05 Å². The molecule has 8 heteroatoms. The van der Waals surface area contributed by atoms with Gasteiger partial charge in [0.05, 0.1) is 6.21 Å². The number of amides is 5. The molecule has 1 fully saturated rings. The Morgan fingerprint density at radius 2 is 2.15 bits per heavy atom. The summed E-state index contributed by atoms with van der Waals surface area (Å²) in [4.78, 5) is 35.4. The largest absolute Gasteiger partial charge is 0.350 e. The predicted molar refractivity (Wildman–Crippen MR) is 74.0 cm³/mol. The van der Waals surface area contributed by atoms with Gasteiger partial charge in [0.15, 0.2) is 5.54 Å². The molecule has 8 nitrogen and oxygen atoms in total. The number of nitrogens with two attached hydrogens (primary N) is 1. The Hall–Kier alpha value is -2.12. The molecule has 0 aromatic heterocycles. The van der Waals surface area contributed by atoms with Gasteiger partial charge in [-0.2, -0.15) is 5.10 Å². The lowest BCUT2D eigenvalue weighted by Gasteiger charge is -2.21. The molecule has 1 rings (SSSR count). The van der Waals surface area contributed by atoms with Crippen LogP contribution in [0.3, 0.4) is 0 Å². The van der Waals surface area contributed by atoms with E-state index in [1.165, 1.54) is 13.3 Å². The number of unbranched alkanes of at least 4 members (excludes halogenated alkanes) is 3. The van der Waals surface area contributed by atoms with Gasteiger partial charge in [-0.05, 0) is 6.42 Å². The van der Waals surface area contributed by atoms with Crippen LogP contribution in [0.4, 0.5) is 9.59 Å². The third-order valence-electron chi connectivity index (χ3n) is 3.21. The van der Waals surface area contributed by atoms with Crippen molar-refractivity contribution >= 4 is 24.2 Å². The fourth-order valence-electron chi connectivity index (χ4n) is 2.08.